The fourth-order valence-electron chi connectivity index (χ4n) is 2.56. The van der Waals surface area contributed by atoms with E-state index < -0.39 is 0 Å². The van der Waals surface area contributed by atoms with Crippen molar-refractivity contribution in [1.82, 2.24) is 25.2 Å². The fourth-order valence-corrected chi connectivity index (χ4v) is 2.74. The van der Waals surface area contributed by atoms with Crippen molar-refractivity contribution in [3.05, 3.63) is 40.7 Å². The molecule has 22 heavy (non-hydrogen) atoms. The molecule has 1 atom stereocenters. The largest absolute Gasteiger partial charge is 0.334 e. The Balaban J connectivity index is 1.87. The van der Waals surface area contributed by atoms with E-state index in [1.165, 1.54) is 4.80 Å². The number of aromatic nitrogens is 3. The maximum Gasteiger partial charge on any atom is 0.276 e. The summed E-state index contributed by atoms with van der Waals surface area (Å²) in [7, 11) is 0. The summed E-state index contributed by atoms with van der Waals surface area (Å²) in [5.74, 6) is -0.0703. The van der Waals surface area contributed by atoms with Gasteiger partial charge in [0.1, 0.15) is 0 Å². The molecule has 1 aromatic heterocycles. The molecule has 2 heterocycles. The normalized spacial score (nSPS) is 18.5. The van der Waals surface area contributed by atoms with E-state index in [1.54, 1.807) is 19.1 Å². The maximum absolute atomic E-state index is 12.6. The molecule has 0 bridgehead atoms. The minimum absolute atomic E-state index is 0.0703. The first-order valence-corrected chi connectivity index (χ1v) is 7.65. The van der Waals surface area contributed by atoms with Crippen LogP contribution < -0.4 is 5.32 Å². The quantitative estimate of drug-likeness (QED) is 0.914. The van der Waals surface area contributed by atoms with Crippen LogP contribution in [0, 0.1) is 6.92 Å². The molecule has 0 aliphatic carbocycles. The molecule has 2 aromatic rings. The van der Waals surface area contributed by atoms with Crippen LogP contribution in [0.2, 0.25) is 5.02 Å². The predicted molar refractivity (Wildman–Crippen MR) is 84.5 cm³/mol. The van der Waals surface area contributed by atoms with Gasteiger partial charge in [-0.1, -0.05) is 17.7 Å². The zero-order chi connectivity index (χ0) is 15.7. The van der Waals surface area contributed by atoms with E-state index in [0.29, 0.717) is 35.5 Å². The second-order valence-electron chi connectivity index (χ2n) is 5.51. The standard InChI is InChI=1S/C15H18ClN5O/c1-10-9-20(7-6-17-10)15(22)14-11(2)18-21(19-14)13-5-3-4-12(16)8-13/h3-5,8,10,17H,6-7,9H2,1-2H3. The second kappa shape index (κ2) is 6.06. The van der Waals surface area contributed by atoms with E-state index in [9.17, 15) is 4.79 Å². The van der Waals surface area contributed by atoms with Gasteiger partial charge in [-0.25, -0.2) is 0 Å². The van der Waals surface area contributed by atoms with Crippen LogP contribution in [0.25, 0.3) is 5.69 Å². The summed E-state index contributed by atoms with van der Waals surface area (Å²) in [6.45, 7) is 6.03. The average Bonchev–Trinajstić information content (AvgIpc) is 2.88. The van der Waals surface area contributed by atoms with Gasteiger partial charge >= 0.3 is 0 Å². The number of amides is 1. The highest BCUT2D eigenvalue weighted by Crippen LogP contribution is 2.15. The molecule has 0 spiro atoms. The molecule has 1 aliphatic heterocycles. The Kier molecular flexibility index (Phi) is 4.13. The van der Waals surface area contributed by atoms with Gasteiger partial charge < -0.3 is 10.2 Å². The monoisotopic (exact) mass is 319 g/mol. The Hall–Kier alpha value is -1.92. The fraction of sp³-hybridized carbons (Fsp3) is 0.400. The smallest absolute Gasteiger partial charge is 0.276 e. The predicted octanol–water partition coefficient (Wildman–Crippen LogP) is 1.66. The Morgan fingerprint density at radius 1 is 1.41 bits per heavy atom. The van der Waals surface area contributed by atoms with Gasteiger partial charge in [-0.2, -0.15) is 9.90 Å². The zero-order valence-corrected chi connectivity index (χ0v) is 13.3. The van der Waals surface area contributed by atoms with E-state index in [1.807, 2.05) is 17.0 Å². The number of piperazine rings is 1. The Bertz CT molecular complexity index is 699. The van der Waals surface area contributed by atoms with Gasteiger partial charge in [-0.15, -0.1) is 5.10 Å². The maximum atomic E-state index is 12.6. The van der Waals surface area contributed by atoms with E-state index in [0.717, 1.165) is 12.2 Å². The van der Waals surface area contributed by atoms with Gasteiger partial charge in [0.15, 0.2) is 5.69 Å². The number of rotatable bonds is 2. The minimum Gasteiger partial charge on any atom is -0.334 e. The SMILES string of the molecule is Cc1nn(-c2cccc(Cl)c2)nc1C(=O)N1CCNC(C)C1. The van der Waals surface area contributed by atoms with Crippen molar-refractivity contribution in [3.8, 4) is 5.69 Å². The lowest BCUT2D eigenvalue weighted by molar-refractivity contribution is 0.0702. The lowest BCUT2D eigenvalue weighted by atomic mass is 10.2. The van der Waals surface area contributed by atoms with Crippen LogP contribution in [0.4, 0.5) is 0 Å². The van der Waals surface area contributed by atoms with E-state index in [4.69, 9.17) is 11.6 Å². The molecular formula is C15H18ClN5O. The van der Waals surface area contributed by atoms with Gasteiger partial charge in [0, 0.05) is 30.7 Å². The van der Waals surface area contributed by atoms with Crippen molar-refractivity contribution in [1.29, 1.82) is 0 Å². The first kappa shape index (κ1) is 15.0. The van der Waals surface area contributed by atoms with Crippen molar-refractivity contribution >= 4 is 17.5 Å². The highest BCUT2D eigenvalue weighted by molar-refractivity contribution is 6.30. The van der Waals surface area contributed by atoms with E-state index >= 15 is 0 Å². The molecule has 1 fully saturated rings. The number of benzene rings is 1. The van der Waals surface area contributed by atoms with Gasteiger partial charge in [0.25, 0.3) is 5.91 Å². The average molecular weight is 320 g/mol. The third-order valence-electron chi connectivity index (χ3n) is 3.68. The summed E-state index contributed by atoms with van der Waals surface area (Å²) >= 11 is 5.99. The van der Waals surface area contributed by atoms with Gasteiger partial charge in [-0.05, 0) is 32.0 Å². The molecule has 6 nitrogen and oxygen atoms in total. The van der Waals surface area contributed by atoms with Crippen LogP contribution in [-0.2, 0) is 0 Å². The van der Waals surface area contributed by atoms with Crippen molar-refractivity contribution < 1.29 is 4.79 Å². The summed E-state index contributed by atoms with van der Waals surface area (Å²) < 4.78 is 0. The van der Waals surface area contributed by atoms with E-state index in [-0.39, 0.29) is 5.91 Å². The Morgan fingerprint density at radius 2 is 2.23 bits per heavy atom. The van der Waals surface area contributed by atoms with Crippen molar-refractivity contribution in [2.45, 2.75) is 19.9 Å². The van der Waals surface area contributed by atoms with E-state index in [2.05, 4.69) is 22.4 Å². The number of hydrogen-bond donors (Lipinski definition) is 1. The number of carbonyl (C=O) groups is 1. The molecule has 3 rings (SSSR count). The molecule has 1 saturated heterocycles. The number of halogens is 1. The van der Waals surface area contributed by atoms with Crippen molar-refractivity contribution in [2.75, 3.05) is 19.6 Å². The second-order valence-corrected chi connectivity index (χ2v) is 5.95. The number of aryl methyl sites for hydroxylation is 1. The number of hydrogen-bond acceptors (Lipinski definition) is 4. The molecule has 116 valence electrons. The number of carbonyl (C=O) groups excluding carboxylic acids is 1. The molecule has 7 heteroatoms. The highest BCUT2D eigenvalue weighted by atomic mass is 35.5. The molecule has 1 N–H and O–H groups in total. The molecular weight excluding hydrogens is 302 g/mol. The molecule has 1 aliphatic rings. The first-order chi connectivity index (χ1) is 10.5. The van der Waals surface area contributed by atoms with Crippen LogP contribution in [0.5, 0.6) is 0 Å². The highest BCUT2D eigenvalue weighted by Gasteiger charge is 2.25. The van der Waals surface area contributed by atoms with Crippen LogP contribution in [-0.4, -0.2) is 51.5 Å². The lowest BCUT2D eigenvalue weighted by Gasteiger charge is -2.31. The number of nitrogens with one attached hydrogen (secondary N) is 1. The Labute approximate surface area is 134 Å². The summed E-state index contributed by atoms with van der Waals surface area (Å²) in [6, 6.07) is 7.53. The summed E-state index contributed by atoms with van der Waals surface area (Å²) in [5.41, 5.74) is 1.76. The van der Waals surface area contributed by atoms with Crippen LogP contribution in [0.3, 0.4) is 0 Å². The number of nitrogens with zero attached hydrogens (tertiary/aromatic N) is 4. The van der Waals surface area contributed by atoms with Crippen LogP contribution in [0.1, 0.15) is 23.1 Å². The van der Waals surface area contributed by atoms with Crippen molar-refractivity contribution in [2.24, 2.45) is 0 Å². The summed E-state index contributed by atoms with van der Waals surface area (Å²) in [6.07, 6.45) is 0. The molecule has 1 unspecified atom stereocenters. The summed E-state index contributed by atoms with van der Waals surface area (Å²) in [4.78, 5) is 15.9. The first-order valence-electron chi connectivity index (χ1n) is 7.27. The van der Waals surface area contributed by atoms with Gasteiger partial charge in [-0.3, -0.25) is 4.79 Å². The molecule has 0 radical (unpaired) electrons. The lowest BCUT2D eigenvalue weighted by Crippen LogP contribution is -2.51. The zero-order valence-electron chi connectivity index (χ0n) is 12.6. The molecule has 1 aromatic carbocycles. The molecule has 0 saturated carbocycles. The molecule has 1 amide bonds. The van der Waals surface area contributed by atoms with Crippen LogP contribution >= 0.6 is 11.6 Å². The minimum atomic E-state index is -0.0703. The van der Waals surface area contributed by atoms with Gasteiger partial charge in [0.2, 0.25) is 0 Å². The van der Waals surface area contributed by atoms with Crippen molar-refractivity contribution in [3.63, 3.8) is 0 Å². The van der Waals surface area contributed by atoms with Crippen LogP contribution in [0.15, 0.2) is 24.3 Å². The topological polar surface area (TPSA) is 63.1 Å². The third-order valence-corrected chi connectivity index (χ3v) is 3.91. The summed E-state index contributed by atoms with van der Waals surface area (Å²) in [5, 5.41) is 12.6. The van der Waals surface area contributed by atoms with Gasteiger partial charge in [0.05, 0.1) is 11.4 Å². The Morgan fingerprint density at radius 3 is 2.95 bits per heavy atom. The third kappa shape index (κ3) is 2.98.